The fourth-order valence-corrected chi connectivity index (χ4v) is 5.76. The summed E-state index contributed by atoms with van der Waals surface area (Å²) in [5.41, 5.74) is 9.17. The second-order valence-electron chi connectivity index (χ2n) is 10.4. The Hall–Kier alpha value is -4.76. The number of fused-ring (bicyclic) bond motifs is 3. The summed E-state index contributed by atoms with van der Waals surface area (Å²) < 4.78 is 11.1. The van der Waals surface area contributed by atoms with E-state index in [-0.39, 0.29) is 6.79 Å². The van der Waals surface area contributed by atoms with Crippen LogP contribution in [0, 0.1) is 0 Å². The number of imidazole rings is 1. The summed E-state index contributed by atoms with van der Waals surface area (Å²) in [5, 5.41) is 7.72. The molecule has 9 nitrogen and oxygen atoms in total. The second kappa shape index (κ2) is 9.46. The van der Waals surface area contributed by atoms with Gasteiger partial charge in [-0.25, -0.2) is 9.97 Å². The first-order valence-corrected chi connectivity index (χ1v) is 13.7. The molecule has 6 heterocycles. The predicted octanol–water partition coefficient (Wildman–Crippen LogP) is 5.94. The van der Waals surface area contributed by atoms with Crippen molar-refractivity contribution in [1.29, 1.82) is 0 Å². The highest BCUT2D eigenvalue weighted by atomic mass is 16.7. The number of hydrogen-bond acceptors (Lipinski definition) is 7. The van der Waals surface area contributed by atoms with E-state index in [1.807, 2.05) is 54.9 Å². The summed E-state index contributed by atoms with van der Waals surface area (Å²) in [4.78, 5) is 20.5. The highest BCUT2D eigenvalue weighted by Crippen LogP contribution is 2.38. The summed E-state index contributed by atoms with van der Waals surface area (Å²) in [7, 11) is 0. The predicted molar refractivity (Wildman–Crippen MR) is 153 cm³/mol. The van der Waals surface area contributed by atoms with E-state index in [0.29, 0.717) is 11.5 Å². The van der Waals surface area contributed by atoms with Gasteiger partial charge in [-0.2, -0.15) is 5.10 Å². The van der Waals surface area contributed by atoms with Gasteiger partial charge >= 0.3 is 0 Å². The van der Waals surface area contributed by atoms with E-state index >= 15 is 0 Å². The van der Waals surface area contributed by atoms with Crippen molar-refractivity contribution in [2.75, 3.05) is 19.9 Å². The minimum absolute atomic E-state index is 0.246. The van der Waals surface area contributed by atoms with Gasteiger partial charge in [-0.1, -0.05) is 24.6 Å². The van der Waals surface area contributed by atoms with Crippen LogP contribution in [0.5, 0.6) is 11.5 Å². The first-order valence-electron chi connectivity index (χ1n) is 13.7. The monoisotopic (exact) mass is 529 g/mol. The topological polar surface area (TPSA) is 105 Å². The standard InChI is InChI=1S/C31H27N7O2/c1-2-11-38(12-3-1)17-19-13-21(16-32-15-19)23-8-9-25-29(33-23)30(37-36-25)31-34-24-6-4-5-22(28(24)35-31)20-7-10-26-27(14-20)40-18-39-26/h4-10,13-16H,1-3,11-12,17-18H2,(H,34,35)(H,36,37). The first kappa shape index (κ1) is 23.2. The Kier molecular flexibility index (Phi) is 5.48. The molecule has 0 atom stereocenters. The molecule has 8 rings (SSSR count). The molecule has 40 heavy (non-hydrogen) atoms. The molecule has 0 saturated carbocycles. The summed E-state index contributed by atoms with van der Waals surface area (Å²) >= 11 is 0. The van der Waals surface area contributed by atoms with Crippen LogP contribution in [0.2, 0.25) is 0 Å². The van der Waals surface area contributed by atoms with Crippen LogP contribution >= 0.6 is 0 Å². The highest BCUT2D eigenvalue weighted by Gasteiger charge is 2.19. The third-order valence-electron chi connectivity index (χ3n) is 7.77. The van der Waals surface area contributed by atoms with Crippen LogP contribution in [0.4, 0.5) is 0 Å². The molecule has 2 aliphatic rings. The number of aromatic nitrogens is 6. The number of para-hydroxylation sites is 1. The van der Waals surface area contributed by atoms with Crippen molar-refractivity contribution in [1.82, 2.24) is 35.0 Å². The SMILES string of the molecule is c1cc(-c2ccc3c(c2)OCO3)c2nc(-c3n[nH]c4ccc(-c5cncc(CN6CCCCC6)c5)nc34)[nH]c2c1. The molecule has 1 saturated heterocycles. The molecule has 0 bridgehead atoms. The number of hydrogen-bond donors (Lipinski definition) is 2. The van der Waals surface area contributed by atoms with E-state index < -0.39 is 0 Å². The molecule has 1 fully saturated rings. The maximum atomic E-state index is 5.60. The van der Waals surface area contributed by atoms with Gasteiger partial charge in [0.1, 0.15) is 5.52 Å². The van der Waals surface area contributed by atoms with Crippen LogP contribution in [0.3, 0.4) is 0 Å². The van der Waals surface area contributed by atoms with Crippen LogP contribution in [0.1, 0.15) is 24.8 Å². The number of nitrogens with zero attached hydrogens (tertiary/aromatic N) is 5. The van der Waals surface area contributed by atoms with Crippen molar-refractivity contribution in [2.45, 2.75) is 25.8 Å². The van der Waals surface area contributed by atoms with Gasteiger partial charge in [0.05, 0.1) is 22.2 Å². The van der Waals surface area contributed by atoms with E-state index in [2.05, 4.69) is 37.2 Å². The molecular formula is C31H27N7O2. The molecular weight excluding hydrogens is 502 g/mol. The van der Waals surface area contributed by atoms with Crippen LogP contribution in [-0.4, -0.2) is 54.9 Å². The van der Waals surface area contributed by atoms with Crippen LogP contribution in [0.15, 0.2) is 67.0 Å². The van der Waals surface area contributed by atoms with E-state index in [4.69, 9.17) is 19.4 Å². The molecule has 9 heteroatoms. The van der Waals surface area contributed by atoms with E-state index in [0.717, 1.165) is 75.6 Å². The number of aromatic amines is 2. The Morgan fingerprint density at radius 2 is 1.73 bits per heavy atom. The lowest BCUT2D eigenvalue weighted by molar-refractivity contribution is 0.174. The summed E-state index contributed by atoms with van der Waals surface area (Å²) in [6.45, 7) is 3.47. The first-order chi connectivity index (χ1) is 19.8. The second-order valence-corrected chi connectivity index (χ2v) is 10.4. The van der Waals surface area contributed by atoms with E-state index in [9.17, 15) is 0 Å². The Morgan fingerprint density at radius 3 is 2.67 bits per heavy atom. The Bertz CT molecular complexity index is 1870. The number of rotatable bonds is 5. The fraction of sp³-hybridized carbons (Fsp3) is 0.226. The fourth-order valence-electron chi connectivity index (χ4n) is 5.76. The Balaban J connectivity index is 1.16. The zero-order valence-electron chi connectivity index (χ0n) is 21.9. The van der Waals surface area contributed by atoms with Gasteiger partial charge in [0.2, 0.25) is 6.79 Å². The molecule has 0 radical (unpaired) electrons. The Labute approximate surface area is 230 Å². The number of H-pyrrole nitrogens is 2. The van der Waals surface area contributed by atoms with Crippen LogP contribution < -0.4 is 9.47 Å². The third-order valence-corrected chi connectivity index (χ3v) is 7.77. The molecule has 198 valence electrons. The number of likely N-dealkylation sites (tertiary alicyclic amines) is 1. The quantitative estimate of drug-likeness (QED) is 0.285. The van der Waals surface area contributed by atoms with Gasteiger partial charge < -0.3 is 14.5 Å². The Morgan fingerprint density at radius 1 is 0.800 bits per heavy atom. The minimum atomic E-state index is 0.246. The van der Waals surface area contributed by atoms with Crippen molar-refractivity contribution < 1.29 is 9.47 Å². The molecule has 0 amide bonds. The summed E-state index contributed by atoms with van der Waals surface area (Å²) in [5.74, 6) is 2.17. The van der Waals surface area contributed by atoms with Crippen molar-refractivity contribution in [2.24, 2.45) is 0 Å². The number of piperidine rings is 1. The largest absolute Gasteiger partial charge is 0.454 e. The molecule has 0 unspecified atom stereocenters. The smallest absolute Gasteiger partial charge is 0.231 e. The molecule has 6 aromatic rings. The lowest BCUT2D eigenvalue weighted by Gasteiger charge is -2.26. The molecule has 2 aromatic carbocycles. The van der Waals surface area contributed by atoms with Crippen molar-refractivity contribution in [3.8, 4) is 45.4 Å². The lowest BCUT2D eigenvalue weighted by Crippen LogP contribution is -2.29. The maximum absolute atomic E-state index is 5.60. The zero-order valence-corrected chi connectivity index (χ0v) is 21.9. The number of pyridine rings is 2. The van der Waals surface area contributed by atoms with Gasteiger partial charge in [0, 0.05) is 30.1 Å². The normalized spacial score (nSPS) is 15.3. The molecule has 4 aromatic heterocycles. The zero-order chi connectivity index (χ0) is 26.5. The summed E-state index contributed by atoms with van der Waals surface area (Å²) in [6, 6.07) is 18.3. The summed E-state index contributed by atoms with van der Waals surface area (Å²) in [6.07, 6.45) is 7.72. The number of ether oxygens (including phenoxy) is 2. The average Bonchev–Trinajstić information content (AvgIpc) is 3.75. The lowest BCUT2D eigenvalue weighted by atomic mass is 10.0. The van der Waals surface area contributed by atoms with Gasteiger partial charge in [-0.15, -0.1) is 0 Å². The number of nitrogens with one attached hydrogen (secondary N) is 2. The third kappa shape index (κ3) is 4.06. The van der Waals surface area contributed by atoms with Crippen LogP contribution in [0.25, 0.3) is 56.0 Å². The van der Waals surface area contributed by atoms with Crippen LogP contribution in [-0.2, 0) is 6.54 Å². The molecule has 0 aliphatic carbocycles. The van der Waals surface area contributed by atoms with Gasteiger partial charge in [-0.05, 0) is 73.5 Å². The van der Waals surface area contributed by atoms with Crippen molar-refractivity contribution in [3.05, 3.63) is 72.6 Å². The van der Waals surface area contributed by atoms with Crippen molar-refractivity contribution >= 4 is 22.1 Å². The van der Waals surface area contributed by atoms with Gasteiger partial charge in [0.15, 0.2) is 23.0 Å². The minimum Gasteiger partial charge on any atom is -0.454 e. The van der Waals surface area contributed by atoms with Gasteiger partial charge in [-0.3, -0.25) is 15.0 Å². The molecule has 2 aliphatic heterocycles. The maximum Gasteiger partial charge on any atom is 0.231 e. The molecule has 2 N–H and O–H groups in total. The highest BCUT2D eigenvalue weighted by molar-refractivity contribution is 5.96. The average molecular weight is 530 g/mol. The molecule has 0 spiro atoms. The van der Waals surface area contributed by atoms with E-state index in [1.54, 1.807) is 0 Å². The van der Waals surface area contributed by atoms with E-state index in [1.165, 1.54) is 24.8 Å². The number of benzene rings is 2. The van der Waals surface area contributed by atoms with Crippen molar-refractivity contribution in [3.63, 3.8) is 0 Å². The van der Waals surface area contributed by atoms with Gasteiger partial charge in [0.25, 0.3) is 0 Å².